The predicted molar refractivity (Wildman–Crippen MR) is 43.3 cm³/mol. The van der Waals surface area contributed by atoms with Crippen molar-refractivity contribution in [2.24, 2.45) is 0 Å². The summed E-state index contributed by atoms with van der Waals surface area (Å²) >= 11 is 19.7. The first-order valence-corrected chi connectivity index (χ1v) is 3.93. The van der Waals surface area contributed by atoms with Crippen LogP contribution in [0.4, 0.5) is 0 Å². The molecule has 50 valence electrons. The summed E-state index contributed by atoms with van der Waals surface area (Å²) in [6.45, 7) is 3.58. The third-order valence-electron chi connectivity index (χ3n) is 0.674. The zero-order valence-corrected chi connectivity index (χ0v) is 8.37. The van der Waals surface area contributed by atoms with Crippen LogP contribution in [0.2, 0.25) is 0 Å². The number of halogens is 4. The van der Waals surface area contributed by atoms with Crippen molar-refractivity contribution < 1.29 is 0 Å². The predicted octanol–water partition coefficient (Wildman–Crippen LogP) is 3.53. The highest BCUT2D eigenvalue weighted by Crippen LogP contribution is 2.43. The average molecular weight is 240 g/mol. The van der Waals surface area contributed by atoms with Gasteiger partial charge in [-0.15, -0.1) is 0 Å². The minimum absolute atomic E-state index is 0.454. The van der Waals surface area contributed by atoms with E-state index in [1.807, 2.05) is 0 Å². The van der Waals surface area contributed by atoms with Crippen molar-refractivity contribution in [3.63, 3.8) is 0 Å². The molecule has 0 amide bonds. The van der Waals surface area contributed by atoms with Gasteiger partial charge in [0.05, 0.1) is 4.32 Å². The van der Waals surface area contributed by atoms with E-state index in [0.29, 0.717) is 0 Å². The van der Waals surface area contributed by atoms with Crippen LogP contribution in [0.1, 0.15) is 13.8 Å². The van der Waals surface area contributed by atoms with Crippen molar-refractivity contribution >= 4 is 50.7 Å². The van der Waals surface area contributed by atoms with Gasteiger partial charge in [0.2, 0.25) is 3.79 Å². The van der Waals surface area contributed by atoms with Crippen LogP contribution in [-0.4, -0.2) is 8.12 Å². The summed E-state index contributed by atoms with van der Waals surface area (Å²) in [4.78, 5) is 0. The topological polar surface area (TPSA) is 0 Å². The maximum Gasteiger partial charge on any atom is 0.205 e. The van der Waals surface area contributed by atoms with E-state index in [2.05, 4.69) is 15.9 Å². The summed E-state index contributed by atoms with van der Waals surface area (Å²) in [5.74, 6) is 0. The Bertz CT molecular complexity index is 66.3. The van der Waals surface area contributed by atoms with Gasteiger partial charge in [-0.3, -0.25) is 0 Å². The van der Waals surface area contributed by atoms with Crippen LogP contribution in [-0.2, 0) is 0 Å². The molecule has 4 heteroatoms. The smallest absolute Gasteiger partial charge is 0.0821 e. The quantitative estimate of drug-likeness (QED) is 0.568. The maximum atomic E-state index is 5.49. The Morgan fingerprint density at radius 2 is 1.25 bits per heavy atom. The zero-order chi connectivity index (χ0) is 7.00. The highest BCUT2D eigenvalue weighted by atomic mass is 79.9. The van der Waals surface area contributed by atoms with Crippen LogP contribution in [0.25, 0.3) is 0 Å². The first-order chi connectivity index (χ1) is 3.25. The molecule has 0 spiro atoms. The van der Waals surface area contributed by atoms with Crippen molar-refractivity contribution in [2.45, 2.75) is 22.0 Å². The lowest BCUT2D eigenvalue weighted by Crippen LogP contribution is -2.28. The molecule has 0 aliphatic heterocycles. The van der Waals surface area contributed by atoms with Gasteiger partial charge in [0, 0.05) is 0 Å². The van der Waals surface area contributed by atoms with Gasteiger partial charge in [-0.2, -0.15) is 0 Å². The lowest BCUT2D eigenvalue weighted by atomic mass is 10.3. The van der Waals surface area contributed by atoms with Crippen molar-refractivity contribution in [3.8, 4) is 0 Å². The Kier molecular flexibility index (Phi) is 2.96. The number of rotatable bonds is 0. The van der Waals surface area contributed by atoms with E-state index >= 15 is 0 Å². The molecule has 0 aliphatic carbocycles. The first kappa shape index (κ1) is 9.35. The molecule has 0 aromatic heterocycles. The molecule has 0 unspecified atom stereocenters. The van der Waals surface area contributed by atoms with Gasteiger partial charge in [-0.05, 0) is 13.8 Å². The standard InChI is InChI=1S/C4H6BrCl3/c1-3(2,5)4(6,7)8/h1-2H3. The molecular weight excluding hydrogens is 234 g/mol. The molecule has 0 aromatic rings. The molecule has 0 nitrogen and oxygen atoms in total. The van der Waals surface area contributed by atoms with Crippen molar-refractivity contribution in [1.29, 1.82) is 0 Å². The Hall–Kier alpha value is 1.35. The minimum atomic E-state index is -1.23. The van der Waals surface area contributed by atoms with Gasteiger partial charge in [-0.1, -0.05) is 50.7 Å². The third kappa shape index (κ3) is 2.77. The normalized spacial score (nSPS) is 14.2. The van der Waals surface area contributed by atoms with Crippen LogP contribution in [0, 0.1) is 0 Å². The van der Waals surface area contributed by atoms with E-state index in [4.69, 9.17) is 34.8 Å². The summed E-state index contributed by atoms with van der Waals surface area (Å²) in [5, 5.41) is 0. The summed E-state index contributed by atoms with van der Waals surface area (Å²) in [7, 11) is 0. The second kappa shape index (κ2) is 2.53. The fourth-order valence-electron chi connectivity index (χ4n) is 0. The van der Waals surface area contributed by atoms with E-state index in [9.17, 15) is 0 Å². The van der Waals surface area contributed by atoms with Crippen molar-refractivity contribution in [3.05, 3.63) is 0 Å². The molecule has 0 heterocycles. The summed E-state index contributed by atoms with van der Waals surface area (Å²) in [6, 6.07) is 0. The van der Waals surface area contributed by atoms with Gasteiger partial charge >= 0.3 is 0 Å². The Morgan fingerprint density at radius 1 is 1.12 bits per heavy atom. The fourth-order valence-corrected chi connectivity index (χ4v) is 0. The first-order valence-electron chi connectivity index (χ1n) is 2.01. The largest absolute Gasteiger partial charge is 0.205 e. The molecular formula is C4H6BrCl3. The molecule has 0 rings (SSSR count). The highest BCUT2D eigenvalue weighted by Gasteiger charge is 2.37. The lowest BCUT2D eigenvalue weighted by molar-refractivity contribution is 0.751. The van der Waals surface area contributed by atoms with E-state index in [-0.39, 0.29) is 0 Å². The maximum absolute atomic E-state index is 5.49. The third-order valence-corrected chi connectivity index (χ3v) is 3.37. The molecule has 8 heavy (non-hydrogen) atoms. The van der Waals surface area contributed by atoms with Crippen LogP contribution >= 0.6 is 50.7 Å². The Morgan fingerprint density at radius 3 is 1.25 bits per heavy atom. The molecule has 0 N–H and O–H groups in total. The Balaban J connectivity index is 4.02. The molecule has 0 atom stereocenters. The number of hydrogen-bond donors (Lipinski definition) is 0. The highest BCUT2D eigenvalue weighted by molar-refractivity contribution is 9.10. The van der Waals surface area contributed by atoms with Crippen LogP contribution < -0.4 is 0 Å². The van der Waals surface area contributed by atoms with Gasteiger partial charge < -0.3 is 0 Å². The van der Waals surface area contributed by atoms with Gasteiger partial charge in [0.15, 0.2) is 0 Å². The van der Waals surface area contributed by atoms with Crippen LogP contribution in [0.5, 0.6) is 0 Å². The molecule has 0 bridgehead atoms. The summed E-state index contributed by atoms with van der Waals surface area (Å²) < 4.78 is -1.68. The van der Waals surface area contributed by atoms with Crippen LogP contribution in [0.15, 0.2) is 0 Å². The van der Waals surface area contributed by atoms with E-state index in [1.165, 1.54) is 0 Å². The van der Waals surface area contributed by atoms with Crippen molar-refractivity contribution in [2.75, 3.05) is 0 Å². The molecule has 0 radical (unpaired) electrons. The monoisotopic (exact) mass is 238 g/mol. The molecule has 0 aliphatic rings. The van der Waals surface area contributed by atoms with E-state index in [0.717, 1.165) is 0 Å². The van der Waals surface area contributed by atoms with Crippen LogP contribution in [0.3, 0.4) is 0 Å². The fraction of sp³-hybridized carbons (Fsp3) is 1.00. The van der Waals surface area contributed by atoms with Gasteiger partial charge in [-0.25, -0.2) is 0 Å². The molecule has 0 saturated heterocycles. The summed E-state index contributed by atoms with van der Waals surface area (Å²) in [5.41, 5.74) is 0. The lowest BCUT2D eigenvalue weighted by Gasteiger charge is -2.24. The number of alkyl halides is 4. The summed E-state index contributed by atoms with van der Waals surface area (Å²) in [6.07, 6.45) is 0. The molecule has 0 saturated carbocycles. The molecule has 0 fully saturated rings. The average Bonchev–Trinajstić information content (AvgIpc) is 1.25. The van der Waals surface area contributed by atoms with E-state index in [1.54, 1.807) is 13.8 Å². The Labute approximate surface area is 72.6 Å². The van der Waals surface area contributed by atoms with Gasteiger partial charge in [0.25, 0.3) is 0 Å². The number of hydrogen-bond acceptors (Lipinski definition) is 0. The second-order valence-corrected chi connectivity index (χ2v) is 6.23. The second-order valence-electron chi connectivity index (χ2n) is 1.97. The van der Waals surface area contributed by atoms with Gasteiger partial charge in [0.1, 0.15) is 0 Å². The minimum Gasteiger partial charge on any atom is -0.0821 e. The zero-order valence-electron chi connectivity index (χ0n) is 4.51. The SMILES string of the molecule is CC(C)(Br)C(Cl)(Cl)Cl. The molecule has 0 aromatic carbocycles. The van der Waals surface area contributed by atoms with Crippen molar-refractivity contribution in [1.82, 2.24) is 0 Å². The van der Waals surface area contributed by atoms with E-state index < -0.39 is 8.12 Å².